The minimum atomic E-state index is -3.27. The molecule has 0 amide bonds. The predicted molar refractivity (Wildman–Crippen MR) is 78.1 cm³/mol. The number of nitrogen functional groups attached to an aromatic ring is 1. The molecule has 0 spiro atoms. The minimum Gasteiger partial charge on any atom is -0.465 e. The van der Waals surface area contributed by atoms with Crippen LogP contribution in [0.15, 0.2) is 18.2 Å². The molecule has 0 aromatic heterocycles. The molecule has 112 valence electrons. The Labute approximate surface area is 118 Å². The lowest BCUT2D eigenvalue weighted by atomic mass is 10.1. The standard InChI is InChI=1S/C12H19N3O4S/c1-3-15-20(17,18)7-6-14-9-4-5-11(13)10(8-9)12(16)19-2/h4-5,8,14-15H,3,6-7,13H2,1-2H3. The summed E-state index contributed by atoms with van der Waals surface area (Å²) in [5.41, 5.74) is 6.82. The highest BCUT2D eigenvalue weighted by Crippen LogP contribution is 2.18. The smallest absolute Gasteiger partial charge is 0.340 e. The summed E-state index contributed by atoms with van der Waals surface area (Å²) in [6.07, 6.45) is 0. The number of nitrogens with one attached hydrogen (secondary N) is 2. The second-order valence-electron chi connectivity index (χ2n) is 4.04. The summed E-state index contributed by atoms with van der Waals surface area (Å²) in [6, 6.07) is 4.76. The Morgan fingerprint density at radius 2 is 2.10 bits per heavy atom. The average molecular weight is 301 g/mol. The molecule has 0 aliphatic carbocycles. The highest BCUT2D eigenvalue weighted by Gasteiger charge is 2.11. The number of hydrogen-bond donors (Lipinski definition) is 3. The van der Waals surface area contributed by atoms with Crippen molar-refractivity contribution >= 4 is 27.4 Å². The van der Waals surface area contributed by atoms with Crippen molar-refractivity contribution in [1.82, 2.24) is 4.72 Å². The summed E-state index contributed by atoms with van der Waals surface area (Å²) in [5.74, 6) is -0.592. The molecule has 0 aliphatic rings. The third kappa shape index (κ3) is 4.71. The van der Waals surface area contributed by atoms with Gasteiger partial charge in [0.2, 0.25) is 10.0 Å². The monoisotopic (exact) mass is 301 g/mol. The zero-order valence-corrected chi connectivity index (χ0v) is 12.3. The molecule has 4 N–H and O–H groups in total. The average Bonchev–Trinajstić information content (AvgIpc) is 2.39. The molecule has 0 heterocycles. The number of methoxy groups -OCH3 is 1. The Hall–Kier alpha value is -1.80. The van der Waals surface area contributed by atoms with Gasteiger partial charge in [0.1, 0.15) is 0 Å². The fourth-order valence-electron chi connectivity index (χ4n) is 1.57. The van der Waals surface area contributed by atoms with Crippen LogP contribution in [0.25, 0.3) is 0 Å². The second kappa shape index (κ2) is 7.11. The zero-order valence-electron chi connectivity index (χ0n) is 11.5. The van der Waals surface area contributed by atoms with E-state index in [9.17, 15) is 13.2 Å². The predicted octanol–water partition coefficient (Wildman–Crippen LogP) is 0.407. The number of carbonyl (C=O) groups is 1. The quantitative estimate of drug-likeness (QED) is 0.497. The van der Waals surface area contributed by atoms with E-state index in [1.807, 2.05) is 0 Å². The molecule has 0 aliphatic heterocycles. The molecular formula is C12H19N3O4S. The molecule has 1 rings (SSSR count). The summed E-state index contributed by atoms with van der Waals surface area (Å²) >= 11 is 0. The molecular weight excluding hydrogens is 282 g/mol. The number of rotatable bonds is 7. The molecule has 0 saturated carbocycles. The first-order chi connectivity index (χ1) is 9.39. The van der Waals surface area contributed by atoms with Gasteiger partial charge < -0.3 is 15.8 Å². The SMILES string of the molecule is CCNS(=O)(=O)CCNc1ccc(N)c(C(=O)OC)c1. The van der Waals surface area contributed by atoms with E-state index >= 15 is 0 Å². The van der Waals surface area contributed by atoms with Crippen molar-refractivity contribution in [2.24, 2.45) is 0 Å². The van der Waals surface area contributed by atoms with E-state index in [1.165, 1.54) is 13.2 Å². The van der Waals surface area contributed by atoms with E-state index in [-0.39, 0.29) is 17.9 Å². The van der Waals surface area contributed by atoms with Crippen LogP contribution >= 0.6 is 0 Å². The topological polar surface area (TPSA) is 111 Å². The van der Waals surface area contributed by atoms with Gasteiger partial charge in [0, 0.05) is 24.5 Å². The lowest BCUT2D eigenvalue weighted by Gasteiger charge is -2.10. The molecule has 0 atom stereocenters. The molecule has 0 saturated heterocycles. The highest BCUT2D eigenvalue weighted by molar-refractivity contribution is 7.89. The molecule has 1 aromatic carbocycles. The molecule has 0 radical (unpaired) electrons. The van der Waals surface area contributed by atoms with E-state index in [1.54, 1.807) is 19.1 Å². The van der Waals surface area contributed by atoms with Crippen LogP contribution in [-0.4, -0.2) is 40.3 Å². The van der Waals surface area contributed by atoms with Gasteiger partial charge in [-0.1, -0.05) is 6.92 Å². The number of esters is 1. The number of benzene rings is 1. The normalized spacial score (nSPS) is 11.1. The van der Waals surface area contributed by atoms with Crippen LogP contribution in [0.1, 0.15) is 17.3 Å². The number of hydrogen-bond acceptors (Lipinski definition) is 6. The third-order valence-corrected chi connectivity index (χ3v) is 3.99. The van der Waals surface area contributed by atoms with E-state index in [2.05, 4.69) is 14.8 Å². The van der Waals surface area contributed by atoms with Gasteiger partial charge in [-0.25, -0.2) is 17.9 Å². The van der Waals surface area contributed by atoms with E-state index in [0.29, 0.717) is 17.9 Å². The molecule has 1 aromatic rings. The fraction of sp³-hybridized carbons (Fsp3) is 0.417. The van der Waals surface area contributed by atoms with Crippen molar-refractivity contribution in [2.45, 2.75) is 6.92 Å². The van der Waals surface area contributed by atoms with Gasteiger partial charge in [-0.05, 0) is 18.2 Å². The number of ether oxygens (including phenoxy) is 1. The molecule has 20 heavy (non-hydrogen) atoms. The largest absolute Gasteiger partial charge is 0.465 e. The van der Waals surface area contributed by atoms with Crippen LogP contribution < -0.4 is 15.8 Å². The van der Waals surface area contributed by atoms with E-state index < -0.39 is 16.0 Å². The van der Waals surface area contributed by atoms with Gasteiger partial charge in [0.05, 0.1) is 18.4 Å². The van der Waals surface area contributed by atoms with Crippen molar-refractivity contribution in [2.75, 3.05) is 37.0 Å². The first-order valence-corrected chi connectivity index (χ1v) is 7.74. The number of sulfonamides is 1. The second-order valence-corrected chi connectivity index (χ2v) is 5.96. The first kappa shape index (κ1) is 16.3. The first-order valence-electron chi connectivity index (χ1n) is 6.08. The zero-order chi connectivity index (χ0) is 15.2. The Balaban J connectivity index is 2.68. The Morgan fingerprint density at radius 1 is 1.40 bits per heavy atom. The minimum absolute atomic E-state index is 0.0568. The Bertz CT molecular complexity index is 572. The molecule has 0 unspecified atom stereocenters. The maximum atomic E-state index is 11.5. The van der Waals surface area contributed by atoms with Crippen molar-refractivity contribution in [1.29, 1.82) is 0 Å². The van der Waals surface area contributed by atoms with Crippen molar-refractivity contribution in [3.63, 3.8) is 0 Å². The number of nitrogens with two attached hydrogens (primary N) is 1. The van der Waals surface area contributed by atoms with Gasteiger partial charge in [-0.3, -0.25) is 0 Å². The van der Waals surface area contributed by atoms with Crippen molar-refractivity contribution in [3.8, 4) is 0 Å². The van der Waals surface area contributed by atoms with Crippen molar-refractivity contribution < 1.29 is 17.9 Å². The van der Waals surface area contributed by atoms with Gasteiger partial charge in [0.25, 0.3) is 0 Å². The van der Waals surface area contributed by atoms with Crippen LogP contribution in [0.3, 0.4) is 0 Å². The number of carbonyl (C=O) groups excluding carboxylic acids is 1. The number of anilines is 2. The van der Waals surface area contributed by atoms with Crippen LogP contribution in [-0.2, 0) is 14.8 Å². The maximum Gasteiger partial charge on any atom is 0.340 e. The van der Waals surface area contributed by atoms with Gasteiger partial charge >= 0.3 is 5.97 Å². The third-order valence-electron chi connectivity index (χ3n) is 2.52. The maximum absolute atomic E-state index is 11.5. The molecule has 8 heteroatoms. The summed E-state index contributed by atoms with van der Waals surface area (Å²) < 4.78 is 29.9. The Kier molecular flexibility index (Phi) is 5.78. The summed E-state index contributed by atoms with van der Waals surface area (Å²) in [6.45, 7) is 2.30. The Morgan fingerprint density at radius 3 is 2.70 bits per heavy atom. The van der Waals surface area contributed by atoms with E-state index in [0.717, 1.165) is 0 Å². The van der Waals surface area contributed by atoms with Crippen LogP contribution in [0.4, 0.5) is 11.4 Å². The van der Waals surface area contributed by atoms with Gasteiger partial charge in [-0.15, -0.1) is 0 Å². The van der Waals surface area contributed by atoms with Crippen LogP contribution in [0.2, 0.25) is 0 Å². The van der Waals surface area contributed by atoms with Crippen LogP contribution in [0.5, 0.6) is 0 Å². The summed E-state index contributed by atoms with van der Waals surface area (Å²) in [7, 11) is -2.00. The van der Waals surface area contributed by atoms with E-state index in [4.69, 9.17) is 5.73 Å². The van der Waals surface area contributed by atoms with Gasteiger partial charge in [-0.2, -0.15) is 0 Å². The van der Waals surface area contributed by atoms with Crippen LogP contribution in [0, 0.1) is 0 Å². The van der Waals surface area contributed by atoms with Gasteiger partial charge in [0.15, 0.2) is 0 Å². The summed E-state index contributed by atoms with van der Waals surface area (Å²) in [5, 5.41) is 2.92. The summed E-state index contributed by atoms with van der Waals surface area (Å²) in [4.78, 5) is 11.5. The molecule has 7 nitrogen and oxygen atoms in total. The lowest BCUT2D eigenvalue weighted by molar-refractivity contribution is 0.0602. The van der Waals surface area contributed by atoms with Crippen molar-refractivity contribution in [3.05, 3.63) is 23.8 Å². The highest BCUT2D eigenvalue weighted by atomic mass is 32.2. The molecule has 0 fully saturated rings. The fourth-order valence-corrected chi connectivity index (χ4v) is 2.53. The molecule has 0 bridgehead atoms. The lowest BCUT2D eigenvalue weighted by Crippen LogP contribution is -2.29.